The Morgan fingerprint density at radius 2 is 2.08 bits per heavy atom. The molecular weight excluding hydrogens is 404 g/mol. The van der Waals surface area contributed by atoms with Gasteiger partial charge < -0.3 is 4.57 Å². The molecule has 0 bridgehead atoms. The van der Waals surface area contributed by atoms with Gasteiger partial charge in [-0.2, -0.15) is 5.10 Å². The van der Waals surface area contributed by atoms with E-state index in [0.717, 1.165) is 25.7 Å². The minimum Gasteiger partial charge on any atom is -0.350 e. The molecule has 5 aromatic rings. The maximum absolute atomic E-state index is 4.76. The van der Waals surface area contributed by atoms with Crippen molar-refractivity contribution in [2.24, 2.45) is 7.05 Å². The summed E-state index contributed by atoms with van der Waals surface area (Å²) in [5.41, 5.74) is 3.32. The quantitative estimate of drug-likeness (QED) is 0.385. The van der Waals surface area contributed by atoms with Crippen molar-refractivity contribution in [3.05, 3.63) is 52.6 Å². The summed E-state index contributed by atoms with van der Waals surface area (Å²) in [6, 6.07) is 10.5. The molecule has 0 aliphatic heterocycles. The summed E-state index contributed by atoms with van der Waals surface area (Å²) in [6.45, 7) is 0. The molecule has 118 valence electrons. The van der Waals surface area contributed by atoms with Crippen LogP contribution in [0.1, 0.15) is 0 Å². The van der Waals surface area contributed by atoms with Crippen molar-refractivity contribution in [2.75, 3.05) is 0 Å². The molecule has 0 unspecified atom stereocenters. The zero-order valence-corrected chi connectivity index (χ0v) is 15.8. The van der Waals surface area contributed by atoms with Crippen LogP contribution < -0.4 is 0 Å². The van der Waals surface area contributed by atoms with Gasteiger partial charge in [0.25, 0.3) is 0 Å². The maximum Gasteiger partial charge on any atom is 0.213 e. The van der Waals surface area contributed by atoms with Crippen molar-refractivity contribution >= 4 is 54.5 Å². The number of hydrogen-bond donors (Lipinski definition) is 0. The average molecular weight is 415 g/mol. The van der Waals surface area contributed by atoms with Crippen LogP contribution in [0.4, 0.5) is 0 Å². The summed E-state index contributed by atoms with van der Waals surface area (Å²) in [4.78, 5) is 6.81. The molecule has 0 aliphatic carbocycles. The van der Waals surface area contributed by atoms with Gasteiger partial charge in [0.15, 0.2) is 0 Å². The third-order valence-corrected chi connectivity index (χ3v) is 6.34. The molecular formula is C17H11BrN4S2. The second-order valence-corrected chi connectivity index (χ2v) is 8.37. The lowest BCUT2D eigenvalue weighted by Crippen LogP contribution is -1.82. The summed E-state index contributed by atoms with van der Waals surface area (Å²) in [6.07, 6.45) is 4.14. The Morgan fingerprint density at radius 3 is 2.88 bits per heavy atom. The van der Waals surface area contributed by atoms with Gasteiger partial charge in [0.1, 0.15) is 10.7 Å². The molecule has 0 fully saturated rings. The highest BCUT2D eigenvalue weighted by atomic mass is 79.9. The van der Waals surface area contributed by atoms with E-state index in [-0.39, 0.29) is 0 Å². The van der Waals surface area contributed by atoms with Gasteiger partial charge >= 0.3 is 0 Å². The van der Waals surface area contributed by atoms with Crippen LogP contribution in [-0.4, -0.2) is 19.2 Å². The number of halogens is 1. The smallest absolute Gasteiger partial charge is 0.213 e. The van der Waals surface area contributed by atoms with E-state index < -0.39 is 0 Å². The first-order chi connectivity index (χ1) is 11.7. The third kappa shape index (κ3) is 2.16. The van der Waals surface area contributed by atoms with Crippen molar-refractivity contribution in [1.82, 2.24) is 19.2 Å². The van der Waals surface area contributed by atoms with E-state index in [2.05, 4.69) is 63.4 Å². The van der Waals surface area contributed by atoms with E-state index >= 15 is 0 Å². The number of benzene rings is 1. The van der Waals surface area contributed by atoms with Crippen LogP contribution in [0, 0.1) is 0 Å². The summed E-state index contributed by atoms with van der Waals surface area (Å²) >= 11 is 6.88. The van der Waals surface area contributed by atoms with E-state index in [1.165, 1.54) is 15.8 Å². The number of thiophene rings is 1. The van der Waals surface area contributed by atoms with Crippen molar-refractivity contribution in [3.63, 3.8) is 0 Å². The van der Waals surface area contributed by atoms with Gasteiger partial charge in [-0.15, -0.1) is 11.3 Å². The molecule has 24 heavy (non-hydrogen) atoms. The van der Waals surface area contributed by atoms with Gasteiger partial charge in [-0.1, -0.05) is 33.3 Å². The molecule has 0 aliphatic rings. The molecule has 0 amide bonds. The van der Waals surface area contributed by atoms with Crippen molar-refractivity contribution < 1.29 is 0 Å². The van der Waals surface area contributed by atoms with Gasteiger partial charge in [0.2, 0.25) is 4.96 Å². The second-order valence-electron chi connectivity index (χ2n) is 5.55. The zero-order valence-electron chi connectivity index (χ0n) is 12.6. The van der Waals surface area contributed by atoms with Gasteiger partial charge in [-0.25, -0.2) is 9.50 Å². The van der Waals surface area contributed by atoms with Crippen LogP contribution >= 0.6 is 38.6 Å². The molecule has 0 spiro atoms. The van der Waals surface area contributed by atoms with Gasteiger partial charge in [-0.05, 0) is 29.6 Å². The molecule has 0 saturated carbocycles. The zero-order chi connectivity index (χ0) is 16.3. The lowest BCUT2D eigenvalue weighted by Gasteiger charge is -1.96. The van der Waals surface area contributed by atoms with E-state index in [0.29, 0.717) is 0 Å². The number of aromatic nitrogens is 4. The van der Waals surface area contributed by atoms with E-state index in [1.54, 1.807) is 22.7 Å². The predicted molar refractivity (Wildman–Crippen MR) is 104 cm³/mol. The van der Waals surface area contributed by atoms with Crippen LogP contribution in [0.15, 0.2) is 52.6 Å². The van der Waals surface area contributed by atoms with Gasteiger partial charge in [0.05, 0.1) is 11.1 Å². The second kappa shape index (κ2) is 5.27. The third-order valence-electron chi connectivity index (χ3n) is 4.00. The molecule has 1 aromatic carbocycles. The Kier molecular flexibility index (Phi) is 3.16. The van der Waals surface area contributed by atoms with Crippen LogP contribution in [0.5, 0.6) is 0 Å². The van der Waals surface area contributed by atoms with E-state index in [1.807, 2.05) is 16.8 Å². The van der Waals surface area contributed by atoms with Crippen LogP contribution in [0.3, 0.4) is 0 Å². The fourth-order valence-corrected chi connectivity index (χ4v) is 4.83. The highest BCUT2D eigenvalue weighted by Crippen LogP contribution is 2.35. The lowest BCUT2D eigenvalue weighted by atomic mass is 10.2. The van der Waals surface area contributed by atoms with Crippen molar-refractivity contribution in [1.29, 1.82) is 0 Å². The molecule has 0 saturated heterocycles. The molecule has 7 heteroatoms. The van der Waals surface area contributed by atoms with Crippen LogP contribution in [0.25, 0.3) is 37.0 Å². The first kappa shape index (κ1) is 14.4. The first-order valence-electron chi connectivity index (χ1n) is 7.34. The SMILES string of the molecule is Cn1cc(-c2nn3cc(-c4cccs4)nc3s2)c2cc(Br)ccc21. The summed E-state index contributed by atoms with van der Waals surface area (Å²) in [5, 5.41) is 9.00. The normalized spacial score (nSPS) is 11.8. The Morgan fingerprint density at radius 1 is 1.17 bits per heavy atom. The molecule has 0 atom stereocenters. The Labute approximate surface area is 154 Å². The molecule has 4 aromatic heterocycles. The predicted octanol–water partition coefficient (Wildman–Crippen LogP) is 5.44. The van der Waals surface area contributed by atoms with Crippen LogP contribution in [-0.2, 0) is 7.05 Å². The average Bonchev–Trinajstić information content (AvgIpc) is 3.28. The van der Waals surface area contributed by atoms with Crippen LogP contribution in [0.2, 0.25) is 0 Å². The first-order valence-corrected chi connectivity index (χ1v) is 9.83. The number of hydrogen-bond acceptors (Lipinski definition) is 4. The topological polar surface area (TPSA) is 35.1 Å². The number of fused-ring (bicyclic) bond motifs is 2. The Balaban J connectivity index is 1.67. The largest absolute Gasteiger partial charge is 0.350 e. The summed E-state index contributed by atoms with van der Waals surface area (Å²) in [5.74, 6) is 0. The summed E-state index contributed by atoms with van der Waals surface area (Å²) in [7, 11) is 2.06. The van der Waals surface area contributed by atoms with Gasteiger partial charge in [-0.3, -0.25) is 0 Å². The fourth-order valence-electron chi connectivity index (χ4n) is 2.89. The fraction of sp³-hybridized carbons (Fsp3) is 0.0588. The van der Waals surface area contributed by atoms with Gasteiger partial charge in [0, 0.05) is 34.2 Å². The van der Waals surface area contributed by atoms with E-state index in [9.17, 15) is 0 Å². The molecule has 4 nitrogen and oxygen atoms in total. The molecule has 0 radical (unpaired) electrons. The highest BCUT2D eigenvalue weighted by Gasteiger charge is 2.15. The number of rotatable bonds is 2. The standard InChI is InChI=1S/C17H11BrN4S2/c1-21-8-12(11-7-10(18)4-5-14(11)21)16-20-22-9-13(19-17(22)24-16)15-3-2-6-23-15/h2-9H,1H3. The molecule has 5 rings (SSSR count). The van der Waals surface area contributed by atoms with E-state index in [4.69, 9.17) is 10.1 Å². The summed E-state index contributed by atoms with van der Waals surface area (Å²) < 4.78 is 5.09. The van der Waals surface area contributed by atoms with Crippen molar-refractivity contribution in [2.45, 2.75) is 0 Å². The minimum absolute atomic E-state index is 0.917. The number of nitrogens with zero attached hydrogens (tertiary/aromatic N) is 4. The van der Waals surface area contributed by atoms with Crippen molar-refractivity contribution in [3.8, 4) is 21.1 Å². The Hall–Kier alpha value is -1.96. The lowest BCUT2D eigenvalue weighted by molar-refractivity contribution is 0.961. The minimum atomic E-state index is 0.917. The highest BCUT2D eigenvalue weighted by molar-refractivity contribution is 9.10. The molecule has 4 heterocycles. The monoisotopic (exact) mass is 414 g/mol. The Bertz CT molecular complexity index is 1150. The maximum atomic E-state index is 4.76. The number of aryl methyl sites for hydroxylation is 1. The molecule has 0 N–H and O–H groups in total. The number of imidazole rings is 1.